The summed E-state index contributed by atoms with van der Waals surface area (Å²) in [5, 5.41) is 12.8. The van der Waals surface area contributed by atoms with Crippen molar-refractivity contribution in [3.63, 3.8) is 0 Å². The summed E-state index contributed by atoms with van der Waals surface area (Å²) in [7, 11) is 0. The van der Waals surface area contributed by atoms with Crippen molar-refractivity contribution >= 4 is 6.16 Å². The van der Waals surface area contributed by atoms with Crippen molar-refractivity contribution in [1.82, 2.24) is 15.0 Å². The maximum atomic E-state index is 14.7. The van der Waals surface area contributed by atoms with Crippen molar-refractivity contribution in [3.8, 4) is 11.4 Å². The molecule has 1 saturated carbocycles. The number of carboxylic acid groups (broad SMARTS) is 1. The van der Waals surface area contributed by atoms with E-state index in [9.17, 15) is 9.18 Å². The van der Waals surface area contributed by atoms with Gasteiger partial charge in [0, 0.05) is 31.6 Å². The molecule has 0 bridgehead atoms. The molecule has 0 radical (unpaired) electrons. The summed E-state index contributed by atoms with van der Waals surface area (Å²) in [4.78, 5) is 17.3. The number of likely N-dealkylation sites (tertiary alicyclic amines) is 1. The summed E-state index contributed by atoms with van der Waals surface area (Å²) >= 11 is 0. The molecule has 7 nitrogen and oxygen atoms in total. The fraction of sp³-hybridized carbons (Fsp3) is 0.444. The lowest BCUT2D eigenvalue weighted by molar-refractivity contribution is -0.0363. The predicted molar refractivity (Wildman–Crippen MR) is 127 cm³/mol. The first-order valence-corrected chi connectivity index (χ1v) is 12.3. The van der Waals surface area contributed by atoms with E-state index in [4.69, 9.17) is 14.4 Å². The molecule has 8 heteroatoms. The van der Waals surface area contributed by atoms with Gasteiger partial charge in [0.1, 0.15) is 11.9 Å². The Morgan fingerprint density at radius 2 is 1.86 bits per heavy atom. The van der Waals surface area contributed by atoms with E-state index in [0.29, 0.717) is 31.2 Å². The van der Waals surface area contributed by atoms with E-state index in [1.807, 2.05) is 36.4 Å². The first kappa shape index (κ1) is 23.5. The highest BCUT2D eigenvalue weighted by atomic mass is 19.1. The Morgan fingerprint density at radius 1 is 1.11 bits per heavy atom. The highest BCUT2D eigenvalue weighted by Gasteiger charge is 2.36. The zero-order chi connectivity index (χ0) is 24.3. The molecule has 2 aliphatic rings. The van der Waals surface area contributed by atoms with Crippen molar-refractivity contribution < 1.29 is 23.6 Å². The molecule has 0 spiro atoms. The van der Waals surface area contributed by atoms with Gasteiger partial charge >= 0.3 is 6.16 Å². The van der Waals surface area contributed by atoms with E-state index in [1.54, 1.807) is 12.1 Å². The molecule has 1 N–H and O–H groups in total. The van der Waals surface area contributed by atoms with Crippen LogP contribution in [0.2, 0.25) is 0 Å². The minimum Gasteiger partial charge on any atom is -0.450 e. The van der Waals surface area contributed by atoms with Crippen LogP contribution in [0.4, 0.5) is 9.18 Å². The van der Waals surface area contributed by atoms with E-state index < -0.39 is 6.16 Å². The molecule has 5 rings (SSSR count). The maximum Gasteiger partial charge on any atom is 0.506 e. The zero-order valence-corrected chi connectivity index (χ0v) is 19.7. The van der Waals surface area contributed by atoms with Crippen LogP contribution in [0.15, 0.2) is 53.1 Å². The third-order valence-electron chi connectivity index (χ3n) is 7.35. The van der Waals surface area contributed by atoms with Crippen molar-refractivity contribution in [1.29, 1.82) is 0 Å². The molecule has 1 aliphatic heterocycles. The van der Waals surface area contributed by atoms with E-state index in [1.165, 1.54) is 6.42 Å². The van der Waals surface area contributed by atoms with Crippen LogP contribution in [0, 0.1) is 5.82 Å². The number of nitrogens with zero attached hydrogens (tertiary/aromatic N) is 3. The van der Waals surface area contributed by atoms with Crippen LogP contribution < -0.4 is 0 Å². The molecule has 1 aliphatic carbocycles. The maximum absolute atomic E-state index is 14.7. The molecular weight excluding hydrogens is 449 g/mol. The van der Waals surface area contributed by atoms with Crippen molar-refractivity contribution in [2.45, 2.75) is 63.0 Å². The molecule has 0 atom stereocenters. The van der Waals surface area contributed by atoms with Crippen LogP contribution >= 0.6 is 0 Å². The number of ether oxygens (including phenoxy) is 1. The second-order valence-electron chi connectivity index (χ2n) is 9.73. The Labute approximate surface area is 203 Å². The summed E-state index contributed by atoms with van der Waals surface area (Å²) in [5.74, 6) is 1.01. The summed E-state index contributed by atoms with van der Waals surface area (Å²) < 4.78 is 25.0. The Bertz CT molecular complexity index is 1150. The van der Waals surface area contributed by atoms with Gasteiger partial charge in [0.2, 0.25) is 11.7 Å². The predicted octanol–water partition coefficient (Wildman–Crippen LogP) is 5.59. The van der Waals surface area contributed by atoms with E-state index in [2.05, 4.69) is 15.0 Å². The summed E-state index contributed by atoms with van der Waals surface area (Å²) in [6.07, 6.45) is 5.33. The lowest BCUT2D eigenvalue weighted by Gasteiger charge is -2.38. The van der Waals surface area contributed by atoms with Gasteiger partial charge in [-0.1, -0.05) is 66.9 Å². The third-order valence-corrected chi connectivity index (χ3v) is 7.35. The Morgan fingerprint density at radius 3 is 2.57 bits per heavy atom. The minimum atomic E-state index is -1.22. The van der Waals surface area contributed by atoms with Gasteiger partial charge in [-0.05, 0) is 41.9 Å². The van der Waals surface area contributed by atoms with Gasteiger partial charge in [0.15, 0.2) is 0 Å². The number of halogens is 1. The summed E-state index contributed by atoms with van der Waals surface area (Å²) in [6.45, 7) is 1.95. The van der Waals surface area contributed by atoms with Gasteiger partial charge in [-0.3, -0.25) is 4.90 Å². The smallest absolute Gasteiger partial charge is 0.450 e. The molecule has 0 unspecified atom stereocenters. The molecule has 0 amide bonds. The Balaban J connectivity index is 1.20. The minimum absolute atomic E-state index is 0.121. The monoisotopic (exact) mass is 479 g/mol. The molecule has 1 aromatic heterocycles. The van der Waals surface area contributed by atoms with Crippen LogP contribution in [0.3, 0.4) is 0 Å². The molecule has 2 heterocycles. The van der Waals surface area contributed by atoms with Gasteiger partial charge in [0.05, 0.1) is 0 Å². The number of hydrogen-bond donors (Lipinski definition) is 1. The van der Waals surface area contributed by atoms with E-state index in [0.717, 1.165) is 55.3 Å². The zero-order valence-electron chi connectivity index (χ0n) is 19.7. The molecule has 184 valence electrons. The topological polar surface area (TPSA) is 88.7 Å². The highest BCUT2D eigenvalue weighted by molar-refractivity contribution is 5.57. The number of benzene rings is 2. The molecule has 2 fully saturated rings. The van der Waals surface area contributed by atoms with Gasteiger partial charge in [0.25, 0.3) is 0 Å². The van der Waals surface area contributed by atoms with Crippen LogP contribution in [-0.4, -0.2) is 45.5 Å². The van der Waals surface area contributed by atoms with Crippen LogP contribution in [0.1, 0.15) is 55.5 Å². The van der Waals surface area contributed by atoms with Gasteiger partial charge < -0.3 is 14.4 Å². The van der Waals surface area contributed by atoms with E-state index in [-0.39, 0.29) is 17.3 Å². The molecular formula is C27H30FN3O4. The summed E-state index contributed by atoms with van der Waals surface area (Å²) in [6, 6.07) is 15.1. The fourth-order valence-corrected chi connectivity index (χ4v) is 5.48. The highest BCUT2D eigenvalue weighted by Crippen LogP contribution is 2.43. The average Bonchev–Trinajstić information content (AvgIpc) is 3.32. The third kappa shape index (κ3) is 5.37. The van der Waals surface area contributed by atoms with Crippen LogP contribution in [-0.2, 0) is 23.1 Å². The van der Waals surface area contributed by atoms with Gasteiger partial charge in [-0.2, -0.15) is 4.98 Å². The standard InChI is InChI=1S/C27H30FN3O4/c28-23-7-3-2-6-22(23)27(13-4-1-5-14-27)15-12-24-29-25(30-35-24)20-10-8-19(9-11-20)16-31-17-21(18-31)34-26(32)33/h2-3,6-11,21H,1,4-5,12-18H2,(H,32,33). The van der Waals surface area contributed by atoms with Crippen molar-refractivity contribution in [2.75, 3.05) is 13.1 Å². The Kier molecular flexibility index (Phi) is 6.81. The molecule has 1 saturated heterocycles. The number of aryl methyl sites for hydroxylation is 1. The average molecular weight is 480 g/mol. The van der Waals surface area contributed by atoms with Gasteiger partial charge in [-0.25, -0.2) is 9.18 Å². The molecule has 3 aromatic rings. The quantitative estimate of drug-likeness (QED) is 0.421. The normalized spacial score (nSPS) is 18.2. The van der Waals surface area contributed by atoms with Crippen LogP contribution in [0.25, 0.3) is 11.4 Å². The van der Waals surface area contributed by atoms with Crippen molar-refractivity contribution in [2.24, 2.45) is 0 Å². The second kappa shape index (κ2) is 10.2. The first-order valence-electron chi connectivity index (χ1n) is 12.3. The van der Waals surface area contributed by atoms with E-state index >= 15 is 0 Å². The van der Waals surface area contributed by atoms with Gasteiger partial charge in [-0.15, -0.1) is 0 Å². The van der Waals surface area contributed by atoms with Crippen molar-refractivity contribution in [3.05, 3.63) is 71.4 Å². The number of hydrogen-bond acceptors (Lipinski definition) is 6. The molecule has 2 aromatic carbocycles. The lowest BCUT2D eigenvalue weighted by Crippen LogP contribution is -2.52. The number of carbonyl (C=O) groups is 1. The van der Waals surface area contributed by atoms with Crippen LogP contribution in [0.5, 0.6) is 0 Å². The first-order chi connectivity index (χ1) is 17.0. The SMILES string of the molecule is O=C(O)OC1CN(Cc2ccc(-c3noc(CCC4(c5ccccc5F)CCCCC4)n3)cc2)C1. The number of aromatic nitrogens is 2. The lowest BCUT2D eigenvalue weighted by atomic mass is 9.66. The largest absolute Gasteiger partial charge is 0.506 e. The molecule has 35 heavy (non-hydrogen) atoms. The summed E-state index contributed by atoms with van der Waals surface area (Å²) in [5.41, 5.74) is 2.64. The second-order valence-corrected chi connectivity index (χ2v) is 9.73. The number of rotatable bonds is 8. The Hall–Kier alpha value is -3.26. The fourth-order valence-electron chi connectivity index (χ4n) is 5.48.